The number of rotatable bonds is 2. The van der Waals surface area contributed by atoms with E-state index in [9.17, 15) is 4.79 Å². The molecule has 0 spiro atoms. The van der Waals surface area contributed by atoms with Gasteiger partial charge in [0.1, 0.15) is 0 Å². The van der Waals surface area contributed by atoms with Crippen molar-refractivity contribution in [3.63, 3.8) is 0 Å². The van der Waals surface area contributed by atoms with Crippen LogP contribution in [0.4, 0.5) is 5.69 Å². The second-order valence-electron chi connectivity index (χ2n) is 4.79. The van der Waals surface area contributed by atoms with Gasteiger partial charge in [0.05, 0.1) is 10.6 Å². The Balaban J connectivity index is 0.00000180. The number of carbonyl (C=O) groups is 1. The van der Waals surface area contributed by atoms with E-state index >= 15 is 0 Å². The van der Waals surface area contributed by atoms with Crippen LogP contribution in [0.15, 0.2) is 18.2 Å². The van der Waals surface area contributed by atoms with E-state index in [1.165, 1.54) is 0 Å². The van der Waals surface area contributed by atoms with Crippen molar-refractivity contribution in [3.05, 3.63) is 28.8 Å². The van der Waals surface area contributed by atoms with Crippen molar-refractivity contribution in [2.45, 2.75) is 18.9 Å². The summed E-state index contributed by atoms with van der Waals surface area (Å²) in [6.45, 7) is 2.03. The second-order valence-corrected chi connectivity index (χ2v) is 5.20. The molecular formula is C13H20Cl3N3O. The highest BCUT2D eigenvalue weighted by Crippen LogP contribution is 2.19. The van der Waals surface area contributed by atoms with E-state index in [1.807, 2.05) is 0 Å². The first-order valence-electron chi connectivity index (χ1n) is 6.10. The van der Waals surface area contributed by atoms with Gasteiger partial charge in [0.15, 0.2) is 0 Å². The van der Waals surface area contributed by atoms with Crippen molar-refractivity contribution in [2.75, 3.05) is 25.9 Å². The first kappa shape index (κ1) is 19.3. The standard InChI is InChI=1S/C13H18ClN3O.2ClH/c1-17-6-4-10(5-7-17)16-13(18)11-3-2-9(15)8-12(11)14;;/h2-3,8,10H,4-7,15H2,1H3,(H,16,18);2*1H. The first-order chi connectivity index (χ1) is 8.56. The van der Waals surface area contributed by atoms with E-state index in [4.69, 9.17) is 17.3 Å². The number of likely N-dealkylation sites (tertiary alicyclic amines) is 1. The van der Waals surface area contributed by atoms with Crippen LogP contribution in [-0.2, 0) is 0 Å². The van der Waals surface area contributed by atoms with Gasteiger partial charge >= 0.3 is 0 Å². The van der Waals surface area contributed by atoms with Gasteiger partial charge in [-0.3, -0.25) is 4.79 Å². The van der Waals surface area contributed by atoms with Crippen LogP contribution >= 0.6 is 36.4 Å². The van der Waals surface area contributed by atoms with Gasteiger partial charge in [-0.25, -0.2) is 0 Å². The van der Waals surface area contributed by atoms with Gasteiger partial charge in [0, 0.05) is 11.7 Å². The minimum absolute atomic E-state index is 0. The molecule has 1 aliphatic rings. The molecule has 4 nitrogen and oxygen atoms in total. The van der Waals surface area contributed by atoms with Gasteiger partial charge in [-0.05, 0) is 51.2 Å². The zero-order valence-electron chi connectivity index (χ0n) is 11.3. The first-order valence-corrected chi connectivity index (χ1v) is 6.48. The molecule has 1 fully saturated rings. The van der Waals surface area contributed by atoms with E-state index in [0.717, 1.165) is 25.9 Å². The Morgan fingerprint density at radius 2 is 1.95 bits per heavy atom. The lowest BCUT2D eigenvalue weighted by Gasteiger charge is -2.29. The maximum atomic E-state index is 12.1. The maximum absolute atomic E-state index is 12.1. The Kier molecular flexibility index (Phi) is 8.28. The minimum atomic E-state index is -0.116. The number of anilines is 1. The lowest BCUT2D eigenvalue weighted by atomic mass is 10.0. The smallest absolute Gasteiger partial charge is 0.253 e. The highest BCUT2D eigenvalue weighted by Gasteiger charge is 2.20. The van der Waals surface area contributed by atoms with Crippen LogP contribution in [0, 0.1) is 0 Å². The molecule has 0 radical (unpaired) electrons. The summed E-state index contributed by atoms with van der Waals surface area (Å²) in [7, 11) is 2.09. The van der Waals surface area contributed by atoms with Crippen LogP contribution in [0.3, 0.4) is 0 Å². The highest BCUT2D eigenvalue weighted by molar-refractivity contribution is 6.34. The summed E-state index contributed by atoms with van der Waals surface area (Å²) >= 11 is 6.02. The Hall–Kier alpha value is -0.680. The molecule has 7 heteroatoms. The monoisotopic (exact) mass is 339 g/mol. The number of benzene rings is 1. The van der Waals surface area contributed by atoms with Crippen LogP contribution in [-0.4, -0.2) is 37.0 Å². The Morgan fingerprint density at radius 3 is 2.50 bits per heavy atom. The number of amides is 1. The lowest BCUT2D eigenvalue weighted by molar-refractivity contribution is 0.0917. The van der Waals surface area contributed by atoms with Crippen LogP contribution in [0.25, 0.3) is 0 Å². The maximum Gasteiger partial charge on any atom is 0.253 e. The Bertz CT molecular complexity index is 448. The number of nitrogen functional groups attached to an aromatic ring is 1. The molecule has 1 heterocycles. The summed E-state index contributed by atoms with van der Waals surface area (Å²) in [6.07, 6.45) is 1.96. The average molecular weight is 341 g/mol. The zero-order chi connectivity index (χ0) is 13.1. The molecule has 0 unspecified atom stereocenters. The van der Waals surface area contributed by atoms with Crippen molar-refractivity contribution in [3.8, 4) is 0 Å². The average Bonchev–Trinajstić information content (AvgIpc) is 2.32. The van der Waals surface area contributed by atoms with Crippen molar-refractivity contribution in [1.29, 1.82) is 0 Å². The normalized spacial score (nSPS) is 15.9. The fraction of sp³-hybridized carbons (Fsp3) is 0.462. The quantitative estimate of drug-likeness (QED) is 0.814. The molecule has 1 aliphatic heterocycles. The molecule has 114 valence electrons. The number of nitrogens with one attached hydrogen (secondary N) is 1. The molecule has 0 saturated carbocycles. The largest absolute Gasteiger partial charge is 0.399 e. The van der Waals surface area contributed by atoms with Crippen molar-refractivity contribution < 1.29 is 4.79 Å². The summed E-state index contributed by atoms with van der Waals surface area (Å²) in [5.41, 5.74) is 6.66. The summed E-state index contributed by atoms with van der Waals surface area (Å²) in [5.74, 6) is -0.116. The Labute approximate surface area is 136 Å². The van der Waals surface area contributed by atoms with Crippen LogP contribution in [0.1, 0.15) is 23.2 Å². The van der Waals surface area contributed by atoms with Crippen molar-refractivity contribution in [2.24, 2.45) is 0 Å². The number of hydrogen-bond acceptors (Lipinski definition) is 3. The van der Waals surface area contributed by atoms with E-state index in [1.54, 1.807) is 18.2 Å². The number of hydrogen-bond donors (Lipinski definition) is 2. The van der Waals surface area contributed by atoms with E-state index in [0.29, 0.717) is 16.3 Å². The van der Waals surface area contributed by atoms with Gasteiger partial charge in [-0.15, -0.1) is 24.8 Å². The molecular weight excluding hydrogens is 321 g/mol. The fourth-order valence-corrected chi connectivity index (χ4v) is 2.41. The van der Waals surface area contributed by atoms with Gasteiger partial charge in [-0.2, -0.15) is 0 Å². The second kappa shape index (κ2) is 8.57. The van der Waals surface area contributed by atoms with E-state index in [-0.39, 0.29) is 36.8 Å². The molecule has 2 rings (SSSR count). The van der Waals surface area contributed by atoms with Crippen molar-refractivity contribution >= 4 is 48.0 Å². The summed E-state index contributed by atoms with van der Waals surface area (Å²) in [4.78, 5) is 14.3. The van der Waals surface area contributed by atoms with Gasteiger partial charge in [0.25, 0.3) is 5.91 Å². The zero-order valence-corrected chi connectivity index (χ0v) is 13.7. The minimum Gasteiger partial charge on any atom is -0.399 e. The molecule has 1 aromatic rings. The van der Waals surface area contributed by atoms with E-state index < -0.39 is 0 Å². The van der Waals surface area contributed by atoms with Crippen LogP contribution < -0.4 is 11.1 Å². The highest BCUT2D eigenvalue weighted by atomic mass is 35.5. The van der Waals surface area contributed by atoms with Crippen molar-refractivity contribution in [1.82, 2.24) is 10.2 Å². The molecule has 3 N–H and O–H groups in total. The summed E-state index contributed by atoms with van der Waals surface area (Å²) in [5, 5.41) is 3.43. The molecule has 20 heavy (non-hydrogen) atoms. The number of halogens is 3. The number of carbonyl (C=O) groups excluding carboxylic acids is 1. The molecule has 0 aromatic heterocycles. The predicted molar refractivity (Wildman–Crippen MR) is 88.3 cm³/mol. The van der Waals surface area contributed by atoms with Gasteiger partial charge in [0.2, 0.25) is 0 Å². The van der Waals surface area contributed by atoms with Crippen LogP contribution in [0.5, 0.6) is 0 Å². The topological polar surface area (TPSA) is 58.4 Å². The molecule has 0 atom stereocenters. The molecule has 1 saturated heterocycles. The predicted octanol–water partition coefficient (Wildman–Crippen LogP) is 2.59. The molecule has 1 amide bonds. The Morgan fingerprint density at radius 1 is 1.35 bits per heavy atom. The molecule has 0 aliphatic carbocycles. The fourth-order valence-electron chi connectivity index (χ4n) is 2.13. The third-order valence-corrected chi connectivity index (χ3v) is 3.60. The molecule has 0 bridgehead atoms. The van der Waals surface area contributed by atoms with Crippen LogP contribution in [0.2, 0.25) is 5.02 Å². The number of nitrogens with zero attached hydrogens (tertiary/aromatic N) is 1. The lowest BCUT2D eigenvalue weighted by Crippen LogP contribution is -2.43. The third kappa shape index (κ3) is 5.02. The van der Waals surface area contributed by atoms with Gasteiger partial charge < -0.3 is 16.0 Å². The molecule has 1 aromatic carbocycles. The third-order valence-electron chi connectivity index (χ3n) is 3.29. The summed E-state index contributed by atoms with van der Waals surface area (Å²) < 4.78 is 0. The number of piperidine rings is 1. The number of nitrogens with two attached hydrogens (primary N) is 1. The SMILES string of the molecule is CN1CCC(NC(=O)c2ccc(N)cc2Cl)CC1.Cl.Cl. The van der Waals surface area contributed by atoms with Gasteiger partial charge in [-0.1, -0.05) is 11.6 Å². The summed E-state index contributed by atoms with van der Waals surface area (Å²) in [6, 6.07) is 5.20. The van der Waals surface area contributed by atoms with E-state index in [2.05, 4.69) is 17.3 Å².